The Bertz CT molecular complexity index is 488. The molecule has 1 amide bonds. The van der Waals surface area contributed by atoms with Crippen LogP contribution in [0.25, 0.3) is 0 Å². The molecule has 104 valence electrons. The highest BCUT2D eigenvalue weighted by Crippen LogP contribution is 2.26. The molecule has 0 radical (unpaired) electrons. The van der Waals surface area contributed by atoms with Gasteiger partial charge < -0.3 is 20.5 Å². The number of hydrogen-bond donors (Lipinski definition) is 3. The van der Waals surface area contributed by atoms with Gasteiger partial charge in [-0.15, -0.1) is 0 Å². The molecule has 5 nitrogen and oxygen atoms in total. The third-order valence-corrected chi connectivity index (χ3v) is 3.59. The number of carbonyl (C=O) groups is 1. The van der Waals surface area contributed by atoms with Gasteiger partial charge in [0.25, 0.3) is 0 Å². The summed E-state index contributed by atoms with van der Waals surface area (Å²) in [4.78, 5) is 12.2. The Morgan fingerprint density at radius 3 is 2.74 bits per heavy atom. The Morgan fingerprint density at radius 2 is 2.05 bits per heavy atom. The number of ether oxygens (including phenoxy) is 1. The van der Waals surface area contributed by atoms with E-state index in [0.29, 0.717) is 13.2 Å². The van der Waals surface area contributed by atoms with Crippen molar-refractivity contribution in [3.8, 4) is 5.75 Å². The molecule has 1 aliphatic rings. The van der Waals surface area contributed by atoms with Crippen LogP contribution < -0.4 is 10.6 Å². The minimum Gasteiger partial charge on any atom is -0.508 e. The molecule has 1 saturated heterocycles. The highest BCUT2D eigenvalue weighted by molar-refractivity contribution is 5.94. The van der Waals surface area contributed by atoms with Gasteiger partial charge in [0.15, 0.2) is 0 Å². The van der Waals surface area contributed by atoms with E-state index >= 15 is 0 Å². The van der Waals surface area contributed by atoms with Gasteiger partial charge in [-0.1, -0.05) is 0 Å². The summed E-state index contributed by atoms with van der Waals surface area (Å²) in [6, 6.07) is 3.50. The predicted molar refractivity (Wildman–Crippen MR) is 73.4 cm³/mol. The van der Waals surface area contributed by atoms with Crippen molar-refractivity contribution in [3.05, 3.63) is 23.3 Å². The van der Waals surface area contributed by atoms with E-state index in [1.807, 2.05) is 14.0 Å². The molecule has 19 heavy (non-hydrogen) atoms. The Hall–Kier alpha value is -1.59. The summed E-state index contributed by atoms with van der Waals surface area (Å²) < 4.78 is 5.33. The minimum atomic E-state index is -0.182. The number of anilines is 1. The first kappa shape index (κ1) is 13.8. The Labute approximate surface area is 113 Å². The van der Waals surface area contributed by atoms with Gasteiger partial charge in [0.1, 0.15) is 5.75 Å². The van der Waals surface area contributed by atoms with Gasteiger partial charge in [0, 0.05) is 11.7 Å². The Morgan fingerprint density at radius 1 is 1.32 bits per heavy atom. The molecule has 0 aromatic heterocycles. The summed E-state index contributed by atoms with van der Waals surface area (Å²) in [6.45, 7) is 4.66. The average Bonchev–Trinajstić information content (AvgIpc) is 2.84. The largest absolute Gasteiger partial charge is 0.508 e. The lowest BCUT2D eigenvalue weighted by Gasteiger charge is -2.17. The van der Waals surface area contributed by atoms with Crippen LogP contribution in [0.4, 0.5) is 5.69 Å². The number of benzene rings is 1. The molecule has 5 heteroatoms. The van der Waals surface area contributed by atoms with Crippen LogP contribution in [0.2, 0.25) is 0 Å². The van der Waals surface area contributed by atoms with Gasteiger partial charge in [-0.2, -0.15) is 0 Å². The van der Waals surface area contributed by atoms with Crippen LogP contribution in [-0.4, -0.2) is 37.3 Å². The van der Waals surface area contributed by atoms with E-state index in [9.17, 15) is 9.90 Å². The van der Waals surface area contributed by atoms with Crippen LogP contribution in [0.1, 0.15) is 11.1 Å². The molecule has 1 aromatic carbocycles. The number of carbonyl (C=O) groups excluding carboxylic acids is 1. The van der Waals surface area contributed by atoms with E-state index in [4.69, 9.17) is 4.74 Å². The maximum atomic E-state index is 12.2. The van der Waals surface area contributed by atoms with E-state index < -0.39 is 0 Å². The molecule has 2 rings (SSSR count). The minimum absolute atomic E-state index is 0.0509. The third-order valence-electron chi connectivity index (χ3n) is 3.59. The van der Waals surface area contributed by atoms with Gasteiger partial charge in [-0.05, 0) is 44.2 Å². The van der Waals surface area contributed by atoms with Crippen molar-refractivity contribution in [1.29, 1.82) is 0 Å². The summed E-state index contributed by atoms with van der Waals surface area (Å²) in [6.07, 6.45) is 0. The SMILES string of the molecule is CNC1COCC1C(=O)Nc1cc(C)c(O)cc1C. The van der Waals surface area contributed by atoms with Crippen molar-refractivity contribution in [1.82, 2.24) is 5.32 Å². The molecule has 2 unspecified atom stereocenters. The van der Waals surface area contributed by atoms with Crippen LogP contribution in [0, 0.1) is 19.8 Å². The van der Waals surface area contributed by atoms with Gasteiger partial charge in [0.05, 0.1) is 19.1 Å². The normalized spacial score (nSPS) is 22.5. The Kier molecular flexibility index (Phi) is 4.07. The van der Waals surface area contributed by atoms with E-state index in [1.54, 1.807) is 19.1 Å². The fourth-order valence-electron chi connectivity index (χ4n) is 2.26. The molecule has 1 aromatic rings. The van der Waals surface area contributed by atoms with Crippen LogP contribution >= 0.6 is 0 Å². The van der Waals surface area contributed by atoms with Crippen molar-refractivity contribution >= 4 is 11.6 Å². The number of phenolic OH excluding ortho intramolecular Hbond substituents is 1. The van der Waals surface area contributed by atoms with E-state index in [2.05, 4.69) is 10.6 Å². The Balaban J connectivity index is 2.13. The number of nitrogens with one attached hydrogen (secondary N) is 2. The van der Waals surface area contributed by atoms with Gasteiger partial charge in [-0.25, -0.2) is 0 Å². The number of phenols is 1. The average molecular weight is 264 g/mol. The smallest absolute Gasteiger partial charge is 0.231 e. The summed E-state index contributed by atoms with van der Waals surface area (Å²) in [5.41, 5.74) is 2.33. The highest BCUT2D eigenvalue weighted by Gasteiger charge is 2.33. The zero-order chi connectivity index (χ0) is 14.0. The molecule has 1 heterocycles. The fourth-order valence-corrected chi connectivity index (χ4v) is 2.26. The van der Waals surface area contributed by atoms with E-state index in [1.165, 1.54) is 0 Å². The monoisotopic (exact) mass is 264 g/mol. The lowest BCUT2D eigenvalue weighted by molar-refractivity contribution is -0.120. The summed E-state index contributed by atoms with van der Waals surface area (Å²) in [5, 5.41) is 15.6. The molecular weight excluding hydrogens is 244 g/mol. The first-order valence-corrected chi connectivity index (χ1v) is 6.39. The first-order chi connectivity index (χ1) is 9.02. The molecule has 1 aliphatic heterocycles. The van der Waals surface area contributed by atoms with Gasteiger partial charge >= 0.3 is 0 Å². The lowest BCUT2D eigenvalue weighted by atomic mass is 10.0. The van der Waals surface area contributed by atoms with Crippen molar-refractivity contribution in [2.24, 2.45) is 5.92 Å². The van der Waals surface area contributed by atoms with Crippen LogP contribution in [0.5, 0.6) is 5.75 Å². The zero-order valence-corrected chi connectivity index (χ0v) is 11.5. The van der Waals surface area contributed by atoms with Crippen molar-refractivity contribution < 1.29 is 14.6 Å². The standard InChI is InChI=1S/C14H20N2O3/c1-8-5-13(17)9(2)4-11(8)16-14(18)10-6-19-7-12(10)15-3/h4-5,10,12,15,17H,6-7H2,1-3H3,(H,16,18). The second-order valence-electron chi connectivity index (χ2n) is 4.98. The fraction of sp³-hybridized carbons (Fsp3) is 0.500. The number of aromatic hydroxyl groups is 1. The number of amides is 1. The van der Waals surface area contributed by atoms with Crippen molar-refractivity contribution in [2.45, 2.75) is 19.9 Å². The van der Waals surface area contributed by atoms with E-state index in [-0.39, 0.29) is 23.6 Å². The maximum Gasteiger partial charge on any atom is 0.231 e. The number of rotatable bonds is 3. The molecule has 0 aliphatic carbocycles. The topological polar surface area (TPSA) is 70.6 Å². The van der Waals surface area contributed by atoms with Crippen molar-refractivity contribution in [2.75, 3.05) is 25.6 Å². The van der Waals surface area contributed by atoms with Crippen LogP contribution in [-0.2, 0) is 9.53 Å². The van der Waals surface area contributed by atoms with Crippen molar-refractivity contribution in [3.63, 3.8) is 0 Å². The molecule has 0 bridgehead atoms. The second kappa shape index (κ2) is 5.59. The van der Waals surface area contributed by atoms with Crippen LogP contribution in [0.3, 0.4) is 0 Å². The molecule has 2 atom stereocenters. The van der Waals surface area contributed by atoms with Gasteiger partial charge in [0.2, 0.25) is 5.91 Å². The number of aryl methyl sites for hydroxylation is 2. The molecule has 3 N–H and O–H groups in total. The lowest BCUT2D eigenvalue weighted by Crippen LogP contribution is -2.39. The quantitative estimate of drug-likeness (QED) is 0.717. The molecular formula is C14H20N2O3. The molecule has 0 spiro atoms. The summed E-state index contributed by atoms with van der Waals surface area (Å²) >= 11 is 0. The molecule has 0 saturated carbocycles. The van der Waals surface area contributed by atoms with E-state index in [0.717, 1.165) is 16.8 Å². The number of likely N-dealkylation sites (N-methyl/N-ethyl adjacent to an activating group) is 1. The summed E-state index contributed by atoms with van der Waals surface area (Å²) in [5.74, 6) is 0.0105. The third kappa shape index (κ3) is 2.88. The first-order valence-electron chi connectivity index (χ1n) is 6.39. The second-order valence-corrected chi connectivity index (χ2v) is 4.98. The maximum absolute atomic E-state index is 12.2. The van der Waals surface area contributed by atoms with Crippen LogP contribution in [0.15, 0.2) is 12.1 Å². The predicted octanol–water partition coefficient (Wildman–Crippen LogP) is 1.18. The summed E-state index contributed by atoms with van der Waals surface area (Å²) in [7, 11) is 1.83. The zero-order valence-electron chi connectivity index (χ0n) is 11.5. The van der Waals surface area contributed by atoms with Gasteiger partial charge in [-0.3, -0.25) is 4.79 Å². The number of hydrogen-bond acceptors (Lipinski definition) is 4. The molecule has 1 fully saturated rings. The highest BCUT2D eigenvalue weighted by atomic mass is 16.5.